The first-order chi connectivity index (χ1) is 14.4. The number of rotatable bonds is 4. The molecular weight excluding hydrogens is 395 g/mol. The second-order valence-corrected chi connectivity index (χ2v) is 7.26. The molecule has 9 heteroatoms. The maximum atomic E-state index is 12.6. The monoisotopic (exact) mass is 415 g/mol. The first-order valence-corrected chi connectivity index (χ1v) is 9.69. The van der Waals surface area contributed by atoms with Crippen molar-refractivity contribution in [3.05, 3.63) is 48.8 Å². The number of anilines is 1. The summed E-state index contributed by atoms with van der Waals surface area (Å²) < 4.78 is 37.8. The van der Waals surface area contributed by atoms with Crippen LogP contribution in [0.1, 0.15) is 12.8 Å². The molecule has 0 saturated carbocycles. The van der Waals surface area contributed by atoms with Gasteiger partial charge in [0.05, 0.1) is 5.52 Å². The molecule has 156 valence electrons. The van der Waals surface area contributed by atoms with Crippen molar-refractivity contribution in [2.45, 2.75) is 19.0 Å². The fourth-order valence-corrected chi connectivity index (χ4v) is 3.60. The number of hydrogen-bond acceptors (Lipinski definition) is 5. The maximum absolute atomic E-state index is 12.6. The summed E-state index contributed by atoms with van der Waals surface area (Å²) in [6.45, 7) is 0.778. The number of carbonyl (C=O) groups is 1. The predicted molar refractivity (Wildman–Crippen MR) is 107 cm³/mol. The average Bonchev–Trinajstić information content (AvgIpc) is 2.77. The Bertz CT molecular complexity index is 1030. The van der Waals surface area contributed by atoms with E-state index in [1.165, 1.54) is 0 Å². The highest BCUT2D eigenvalue weighted by Gasteiger charge is 2.43. The second kappa shape index (κ2) is 8.25. The lowest BCUT2D eigenvalue weighted by Gasteiger charge is -2.32. The van der Waals surface area contributed by atoms with Crippen LogP contribution in [0.5, 0.6) is 0 Å². The zero-order valence-corrected chi connectivity index (χ0v) is 16.1. The third-order valence-electron chi connectivity index (χ3n) is 5.24. The number of aromatic nitrogens is 3. The molecule has 0 radical (unpaired) electrons. The summed E-state index contributed by atoms with van der Waals surface area (Å²) in [6.07, 6.45) is -0.438. The van der Waals surface area contributed by atoms with Crippen LogP contribution in [0.3, 0.4) is 0 Å². The summed E-state index contributed by atoms with van der Waals surface area (Å²) in [4.78, 5) is 25.6. The topological polar surface area (TPSA) is 71.0 Å². The number of para-hydroxylation sites is 1. The van der Waals surface area contributed by atoms with Gasteiger partial charge in [0.1, 0.15) is 5.82 Å². The van der Waals surface area contributed by atoms with Crippen LogP contribution in [0.25, 0.3) is 22.3 Å². The number of benzene rings is 1. The van der Waals surface area contributed by atoms with Crippen LogP contribution in [-0.2, 0) is 4.79 Å². The van der Waals surface area contributed by atoms with E-state index in [-0.39, 0.29) is 19.0 Å². The maximum Gasteiger partial charge on any atom is 0.471 e. The molecule has 1 saturated heterocycles. The van der Waals surface area contributed by atoms with Crippen molar-refractivity contribution in [2.24, 2.45) is 5.92 Å². The molecule has 3 heterocycles. The highest BCUT2D eigenvalue weighted by atomic mass is 19.4. The minimum Gasteiger partial charge on any atom is -0.369 e. The lowest BCUT2D eigenvalue weighted by atomic mass is 9.96. The van der Waals surface area contributed by atoms with Crippen LogP contribution in [-0.4, -0.2) is 51.6 Å². The van der Waals surface area contributed by atoms with Crippen molar-refractivity contribution in [2.75, 3.05) is 25.0 Å². The van der Waals surface area contributed by atoms with Gasteiger partial charge in [-0.2, -0.15) is 13.2 Å². The molecule has 1 aromatic carbocycles. The minimum absolute atomic E-state index is 0.109. The van der Waals surface area contributed by atoms with Gasteiger partial charge < -0.3 is 10.2 Å². The summed E-state index contributed by atoms with van der Waals surface area (Å²) in [5, 5.41) is 4.22. The standard InChI is InChI=1S/C21H20F3N5O/c22-21(23,24)20(30)29-11-7-14(8-12-29)13-26-19-16-3-1-2-4-17(16)27-18(28-19)15-5-9-25-10-6-15/h1-6,9-10,14H,7-8,11-13H2,(H,26,27,28). The Morgan fingerprint density at radius 1 is 1.07 bits per heavy atom. The van der Waals surface area contributed by atoms with Crippen LogP contribution in [0.2, 0.25) is 0 Å². The van der Waals surface area contributed by atoms with Crippen molar-refractivity contribution >= 4 is 22.6 Å². The molecule has 4 rings (SSSR count). The van der Waals surface area contributed by atoms with Crippen molar-refractivity contribution < 1.29 is 18.0 Å². The van der Waals surface area contributed by atoms with Gasteiger partial charge in [0.15, 0.2) is 5.82 Å². The van der Waals surface area contributed by atoms with E-state index in [2.05, 4.69) is 20.3 Å². The number of pyridine rings is 1. The van der Waals surface area contributed by atoms with Gasteiger partial charge in [0, 0.05) is 43.0 Å². The highest BCUT2D eigenvalue weighted by molar-refractivity contribution is 5.90. The van der Waals surface area contributed by atoms with E-state index in [0.29, 0.717) is 31.0 Å². The van der Waals surface area contributed by atoms with Gasteiger partial charge in [-0.05, 0) is 43.0 Å². The molecule has 1 aliphatic rings. The molecule has 3 aromatic rings. The van der Waals surface area contributed by atoms with E-state index in [1.807, 2.05) is 36.4 Å². The van der Waals surface area contributed by atoms with Gasteiger partial charge in [0.2, 0.25) is 0 Å². The SMILES string of the molecule is O=C(N1CCC(CNc2nc(-c3ccncc3)nc3ccccc23)CC1)C(F)(F)F. The number of alkyl halides is 3. The van der Waals surface area contributed by atoms with E-state index < -0.39 is 12.1 Å². The predicted octanol–water partition coefficient (Wildman–Crippen LogP) is 3.90. The number of nitrogens with one attached hydrogen (secondary N) is 1. The third-order valence-corrected chi connectivity index (χ3v) is 5.24. The van der Waals surface area contributed by atoms with Crippen LogP contribution in [0.15, 0.2) is 48.8 Å². The Balaban J connectivity index is 1.47. The van der Waals surface area contributed by atoms with Gasteiger partial charge in [-0.15, -0.1) is 0 Å². The Labute approximate surface area is 171 Å². The lowest BCUT2D eigenvalue weighted by molar-refractivity contribution is -0.186. The highest BCUT2D eigenvalue weighted by Crippen LogP contribution is 2.27. The fourth-order valence-electron chi connectivity index (χ4n) is 3.60. The van der Waals surface area contributed by atoms with Crippen molar-refractivity contribution in [1.29, 1.82) is 0 Å². The quantitative estimate of drug-likeness (QED) is 0.700. The molecule has 0 unspecified atom stereocenters. The van der Waals surface area contributed by atoms with Gasteiger partial charge in [0.25, 0.3) is 0 Å². The first kappa shape index (κ1) is 20.1. The molecule has 6 nitrogen and oxygen atoms in total. The normalized spacial score (nSPS) is 15.4. The molecular formula is C21H20F3N5O. The van der Waals surface area contributed by atoms with E-state index in [9.17, 15) is 18.0 Å². The van der Waals surface area contributed by atoms with Crippen molar-refractivity contribution in [3.63, 3.8) is 0 Å². The number of carbonyl (C=O) groups excluding carboxylic acids is 1. The van der Waals surface area contributed by atoms with E-state index in [0.717, 1.165) is 21.4 Å². The summed E-state index contributed by atoms with van der Waals surface area (Å²) >= 11 is 0. The zero-order valence-electron chi connectivity index (χ0n) is 16.1. The van der Waals surface area contributed by atoms with E-state index in [4.69, 9.17) is 0 Å². The summed E-state index contributed by atoms with van der Waals surface area (Å²) in [6, 6.07) is 11.3. The van der Waals surface area contributed by atoms with Crippen LogP contribution in [0.4, 0.5) is 19.0 Å². The molecule has 0 atom stereocenters. The van der Waals surface area contributed by atoms with Crippen molar-refractivity contribution in [1.82, 2.24) is 19.9 Å². The van der Waals surface area contributed by atoms with Gasteiger partial charge in [-0.25, -0.2) is 9.97 Å². The lowest BCUT2D eigenvalue weighted by Crippen LogP contribution is -2.46. The Hall–Kier alpha value is -3.23. The Morgan fingerprint density at radius 3 is 2.47 bits per heavy atom. The number of likely N-dealkylation sites (tertiary alicyclic amines) is 1. The van der Waals surface area contributed by atoms with Crippen molar-refractivity contribution in [3.8, 4) is 11.4 Å². The number of fused-ring (bicyclic) bond motifs is 1. The summed E-state index contributed by atoms with van der Waals surface area (Å²) in [7, 11) is 0. The number of hydrogen-bond donors (Lipinski definition) is 1. The summed E-state index contributed by atoms with van der Waals surface area (Å²) in [5.41, 5.74) is 1.64. The van der Waals surface area contributed by atoms with Crippen LogP contribution in [0, 0.1) is 5.92 Å². The fraction of sp³-hybridized carbons (Fsp3) is 0.333. The minimum atomic E-state index is -4.81. The zero-order chi connectivity index (χ0) is 21.1. The Morgan fingerprint density at radius 2 is 1.77 bits per heavy atom. The summed E-state index contributed by atoms with van der Waals surface area (Å²) in [5.74, 6) is -0.344. The largest absolute Gasteiger partial charge is 0.471 e. The molecule has 0 bridgehead atoms. The number of halogens is 3. The molecule has 1 amide bonds. The smallest absolute Gasteiger partial charge is 0.369 e. The number of piperidine rings is 1. The van der Waals surface area contributed by atoms with Gasteiger partial charge in [-0.3, -0.25) is 9.78 Å². The molecule has 1 aliphatic heterocycles. The number of nitrogens with zero attached hydrogens (tertiary/aromatic N) is 4. The van der Waals surface area contributed by atoms with Crippen LogP contribution >= 0.6 is 0 Å². The van der Waals surface area contributed by atoms with Crippen LogP contribution < -0.4 is 5.32 Å². The molecule has 0 spiro atoms. The molecule has 1 fully saturated rings. The third kappa shape index (κ3) is 4.34. The first-order valence-electron chi connectivity index (χ1n) is 9.69. The second-order valence-electron chi connectivity index (χ2n) is 7.26. The van der Waals surface area contributed by atoms with E-state index in [1.54, 1.807) is 12.4 Å². The van der Waals surface area contributed by atoms with Gasteiger partial charge in [-0.1, -0.05) is 12.1 Å². The molecule has 0 aliphatic carbocycles. The number of amides is 1. The molecule has 30 heavy (non-hydrogen) atoms. The molecule has 1 N–H and O–H groups in total. The Kier molecular flexibility index (Phi) is 5.52. The average molecular weight is 415 g/mol. The molecule has 2 aromatic heterocycles. The van der Waals surface area contributed by atoms with E-state index >= 15 is 0 Å². The van der Waals surface area contributed by atoms with Gasteiger partial charge >= 0.3 is 12.1 Å².